The third kappa shape index (κ3) is 3.36. The number of aromatic nitrogens is 2. The Morgan fingerprint density at radius 2 is 1.93 bits per heavy atom. The lowest BCUT2D eigenvalue weighted by atomic mass is 10.1. The quantitative estimate of drug-likeness (QED) is 0.792. The average Bonchev–Trinajstić information content (AvgIpc) is 3.39. The molecule has 2 aliphatic rings. The summed E-state index contributed by atoms with van der Waals surface area (Å²) in [5, 5.41) is 17.5. The monoisotopic (exact) mass is 388 g/mol. The zero-order valence-electron chi connectivity index (χ0n) is 14.7. The van der Waals surface area contributed by atoms with Crippen molar-refractivity contribution in [1.29, 1.82) is 5.26 Å². The summed E-state index contributed by atoms with van der Waals surface area (Å²) >= 11 is 0. The molecule has 8 nitrogen and oxygen atoms in total. The molecular formula is C18H20N4O4S. The number of rotatable bonds is 4. The van der Waals surface area contributed by atoms with E-state index in [0.717, 1.165) is 25.7 Å². The minimum atomic E-state index is -3.86. The molecule has 27 heavy (non-hydrogen) atoms. The summed E-state index contributed by atoms with van der Waals surface area (Å²) in [6.45, 7) is 1.02. The molecular weight excluding hydrogens is 368 g/mol. The van der Waals surface area contributed by atoms with Gasteiger partial charge in [-0.15, -0.1) is 10.2 Å². The Morgan fingerprint density at radius 1 is 1.11 bits per heavy atom. The number of sulfonamides is 1. The lowest BCUT2D eigenvalue weighted by Crippen LogP contribution is -2.39. The van der Waals surface area contributed by atoms with Crippen LogP contribution >= 0.6 is 0 Å². The lowest BCUT2D eigenvalue weighted by Gasteiger charge is -2.32. The summed E-state index contributed by atoms with van der Waals surface area (Å²) in [6.07, 6.45) is 3.77. The summed E-state index contributed by atoms with van der Waals surface area (Å²) in [7, 11) is -3.86. The average molecular weight is 388 g/mol. The highest BCUT2D eigenvalue weighted by Crippen LogP contribution is 2.37. The largest absolute Gasteiger partial charge is 0.421 e. The Labute approximate surface area is 157 Å². The Hall–Kier alpha value is -2.28. The standard InChI is InChI=1S/C18H20N4O4S/c19-12-13-6-1-2-9-16(13)27(23,24)22-10-4-3-7-14(22)17-20-21-18(26-17)15-8-5-11-25-15/h1-2,6,9,14-15H,3-5,7-8,10-11H2/t14?,15-/m1/s1. The van der Waals surface area contributed by atoms with Gasteiger partial charge in [0.2, 0.25) is 21.8 Å². The predicted molar refractivity (Wildman–Crippen MR) is 93.9 cm³/mol. The molecule has 2 aromatic rings. The van der Waals surface area contributed by atoms with Gasteiger partial charge in [-0.1, -0.05) is 18.6 Å². The molecule has 1 unspecified atom stereocenters. The van der Waals surface area contributed by atoms with Crippen LogP contribution in [0.25, 0.3) is 0 Å². The maximum atomic E-state index is 13.3. The van der Waals surface area contributed by atoms with Crippen LogP contribution in [0, 0.1) is 11.3 Å². The number of hydrogen-bond acceptors (Lipinski definition) is 7. The van der Waals surface area contributed by atoms with Gasteiger partial charge < -0.3 is 9.15 Å². The Morgan fingerprint density at radius 3 is 2.70 bits per heavy atom. The summed E-state index contributed by atoms with van der Waals surface area (Å²) in [4.78, 5) is 0.0123. The van der Waals surface area contributed by atoms with Crippen LogP contribution in [0.15, 0.2) is 33.6 Å². The number of ether oxygens (including phenoxy) is 1. The zero-order chi connectivity index (χ0) is 18.9. The van der Waals surface area contributed by atoms with Gasteiger partial charge in [0.25, 0.3) is 0 Å². The van der Waals surface area contributed by atoms with Crippen molar-refractivity contribution >= 4 is 10.0 Å². The van der Waals surface area contributed by atoms with Crippen molar-refractivity contribution in [3.8, 4) is 6.07 Å². The minimum absolute atomic E-state index is 0.0123. The first kappa shape index (κ1) is 18.1. The van der Waals surface area contributed by atoms with E-state index in [1.54, 1.807) is 12.1 Å². The van der Waals surface area contributed by atoms with Crippen LogP contribution in [-0.2, 0) is 14.8 Å². The van der Waals surface area contributed by atoms with E-state index in [1.165, 1.54) is 16.4 Å². The number of piperidine rings is 1. The maximum absolute atomic E-state index is 13.3. The van der Waals surface area contributed by atoms with Crippen molar-refractivity contribution in [2.45, 2.75) is 49.1 Å². The highest BCUT2D eigenvalue weighted by Gasteiger charge is 2.39. The molecule has 0 bridgehead atoms. The highest BCUT2D eigenvalue weighted by atomic mass is 32.2. The van der Waals surface area contributed by atoms with Crippen LogP contribution in [-0.4, -0.2) is 36.1 Å². The first-order valence-electron chi connectivity index (χ1n) is 9.07. The van der Waals surface area contributed by atoms with Crippen LogP contribution in [0.2, 0.25) is 0 Å². The molecule has 3 heterocycles. The molecule has 0 saturated carbocycles. The summed E-state index contributed by atoms with van der Waals surface area (Å²) < 4.78 is 39.3. The molecule has 0 aliphatic carbocycles. The molecule has 2 aliphatic heterocycles. The Kier molecular flexibility index (Phi) is 4.95. The second-order valence-electron chi connectivity index (χ2n) is 6.72. The van der Waals surface area contributed by atoms with E-state index < -0.39 is 16.1 Å². The lowest BCUT2D eigenvalue weighted by molar-refractivity contribution is 0.0858. The van der Waals surface area contributed by atoms with Crippen molar-refractivity contribution in [2.75, 3.05) is 13.2 Å². The van der Waals surface area contributed by atoms with Crippen LogP contribution in [0.4, 0.5) is 0 Å². The molecule has 2 saturated heterocycles. The Balaban J connectivity index is 1.67. The second kappa shape index (κ2) is 7.38. The van der Waals surface area contributed by atoms with Gasteiger partial charge >= 0.3 is 0 Å². The molecule has 0 spiro atoms. The molecule has 0 amide bonds. The van der Waals surface area contributed by atoms with Gasteiger partial charge in [0, 0.05) is 13.2 Å². The summed E-state index contributed by atoms with van der Waals surface area (Å²) in [6, 6.07) is 7.67. The summed E-state index contributed by atoms with van der Waals surface area (Å²) in [5.74, 6) is 0.695. The highest BCUT2D eigenvalue weighted by molar-refractivity contribution is 7.89. The van der Waals surface area contributed by atoms with E-state index in [1.807, 2.05) is 6.07 Å². The normalized spacial score (nSPS) is 24.0. The van der Waals surface area contributed by atoms with E-state index >= 15 is 0 Å². The third-order valence-corrected chi connectivity index (χ3v) is 6.96. The van der Waals surface area contributed by atoms with Crippen molar-refractivity contribution in [1.82, 2.24) is 14.5 Å². The van der Waals surface area contributed by atoms with E-state index in [2.05, 4.69) is 10.2 Å². The van der Waals surface area contributed by atoms with E-state index in [-0.39, 0.29) is 16.6 Å². The van der Waals surface area contributed by atoms with Gasteiger partial charge in [-0.2, -0.15) is 9.57 Å². The summed E-state index contributed by atoms with van der Waals surface area (Å²) in [5.41, 5.74) is 0.132. The number of nitriles is 1. The van der Waals surface area contributed by atoms with Crippen LogP contribution < -0.4 is 0 Å². The molecule has 4 rings (SSSR count). The fourth-order valence-corrected chi connectivity index (χ4v) is 5.43. The fraction of sp³-hybridized carbons (Fsp3) is 0.500. The van der Waals surface area contributed by atoms with Gasteiger partial charge in [0.1, 0.15) is 18.2 Å². The van der Waals surface area contributed by atoms with E-state index in [4.69, 9.17) is 9.15 Å². The van der Waals surface area contributed by atoms with Crippen LogP contribution in [0.3, 0.4) is 0 Å². The van der Waals surface area contributed by atoms with Gasteiger partial charge in [0.05, 0.1) is 10.5 Å². The first-order chi connectivity index (χ1) is 13.1. The van der Waals surface area contributed by atoms with Crippen molar-refractivity contribution < 1.29 is 17.6 Å². The SMILES string of the molecule is N#Cc1ccccc1S(=O)(=O)N1CCCCC1c1nnc([C@H]2CCCO2)o1. The van der Waals surface area contributed by atoms with Gasteiger partial charge in [-0.25, -0.2) is 8.42 Å². The van der Waals surface area contributed by atoms with Gasteiger partial charge in [-0.05, 0) is 37.8 Å². The molecule has 1 aromatic heterocycles. The number of nitrogens with zero attached hydrogens (tertiary/aromatic N) is 4. The molecule has 1 aromatic carbocycles. The molecule has 2 atom stereocenters. The Bertz CT molecular complexity index is 960. The van der Waals surface area contributed by atoms with Gasteiger partial charge in [-0.3, -0.25) is 0 Å². The molecule has 142 valence electrons. The second-order valence-corrected chi connectivity index (χ2v) is 8.57. The predicted octanol–water partition coefficient (Wildman–Crippen LogP) is 2.71. The van der Waals surface area contributed by atoms with Gasteiger partial charge in [0.15, 0.2) is 0 Å². The maximum Gasteiger partial charge on any atom is 0.245 e. The molecule has 2 fully saturated rings. The number of benzene rings is 1. The van der Waals surface area contributed by atoms with Crippen molar-refractivity contribution in [2.24, 2.45) is 0 Å². The van der Waals surface area contributed by atoms with Crippen LogP contribution in [0.1, 0.15) is 61.6 Å². The van der Waals surface area contributed by atoms with E-state index in [0.29, 0.717) is 31.4 Å². The van der Waals surface area contributed by atoms with Crippen molar-refractivity contribution in [3.63, 3.8) is 0 Å². The topological polar surface area (TPSA) is 109 Å². The van der Waals surface area contributed by atoms with Crippen LogP contribution in [0.5, 0.6) is 0 Å². The molecule has 9 heteroatoms. The third-order valence-electron chi connectivity index (χ3n) is 4.99. The van der Waals surface area contributed by atoms with E-state index in [9.17, 15) is 13.7 Å². The smallest absolute Gasteiger partial charge is 0.245 e. The molecule has 0 radical (unpaired) electrons. The minimum Gasteiger partial charge on any atom is -0.421 e. The first-order valence-corrected chi connectivity index (χ1v) is 10.5. The number of hydrogen-bond donors (Lipinski definition) is 0. The fourth-order valence-electron chi connectivity index (χ4n) is 3.63. The zero-order valence-corrected chi connectivity index (χ0v) is 15.6. The van der Waals surface area contributed by atoms with Crippen molar-refractivity contribution in [3.05, 3.63) is 41.6 Å². The molecule has 0 N–H and O–H groups in total.